The van der Waals surface area contributed by atoms with Crippen molar-refractivity contribution in [2.24, 2.45) is 0 Å². The van der Waals surface area contributed by atoms with Crippen LogP contribution in [0.5, 0.6) is 0 Å². The molecular formula is C20H22N2O2S. The molecule has 25 heavy (non-hydrogen) atoms. The average molecular weight is 354 g/mol. The summed E-state index contributed by atoms with van der Waals surface area (Å²) in [5, 5.41) is 2.85. The number of fused-ring (bicyclic) bond motifs is 1. The zero-order chi connectivity index (χ0) is 17.8. The first-order valence-electron chi connectivity index (χ1n) is 8.42. The van der Waals surface area contributed by atoms with Gasteiger partial charge in [0.1, 0.15) is 0 Å². The molecule has 1 atom stereocenters. The molecule has 3 rings (SSSR count). The largest absolute Gasteiger partial charge is 0.325 e. The lowest BCUT2D eigenvalue weighted by atomic mass is 10.1. The van der Waals surface area contributed by atoms with Crippen LogP contribution in [0.3, 0.4) is 0 Å². The SMILES string of the molecule is CC(=O)N1CCc2cc(NC(=O)[C@@H](C)SCc3ccccc3)ccc21. The molecule has 0 spiro atoms. The number of thioether (sulfide) groups is 1. The van der Waals surface area contributed by atoms with Gasteiger partial charge in [0.05, 0.1) is 5.25 Å². The monoisotopic (exact) mass is 354 g/mol. The highest BCUT2D eigenvalue weighted by atomic mass is 32.2. The molecule has 0 unspecified atom stereocenters. The smallest absolute Gasteiger partial charge is 0.237 e. The second-order valence-corrected chi connectivity index (χ2v) is 7.52. The van der Waals surface area contributed by atoms with Gasteiger partial charge in [0.25, 0.3) is 0 Å². The van der Waals surface area contributed by atoms with Crippen LogP contribution in [0.15, 0.2) is 48.5 Å². The van der Waals surface area contributed by atoms with Crippen molar-refractivity contribution >= 4 is 35.0 Å². The fraction of sp³-hybridized carbons (Fsp3) is 0.300. The van der Waals surface area contributed by atoms with E-state index in [0.717, 1.165) is 29.1 Å². The van der Waals surface area contributed by atoms with Crippen molar-refractivity contribution in [3.63, 3.8) is 0 Å². The van der Waals surface area contributed by atoms with Gasteiger partial charge in [-0.1, -0.05) is 30.3 Å². The molecule has 1 heterocycles. The molecule has 0 aliphatic carbocycles. The Kier molecular flexibility index (Phi) is 5.43. The molecule has 0 bridgehead atoms. The van der Waals surface area contributed by atoms with Crippen LogP contribution in [0, 0.1) is 0 Å². The van der Waals surface area contributed by atoms with E-state index in [4.69, 9.17) is 0 Å². The fourth-order valence-corrected chi connectivity index (χ4v) is 3.77. The Morgan fingerprint density at radius 3 is 2.68 bits per heavy atom. The molecule has 1 aliphatic rings. The molecule has 2 amide bonds. The van der Waals surface area contributed by atoms with E-state index in [1.165, 1.54) is 5.56 Å². The van der Waals surface area contributed by atoms with Crippen LogP contribution in [0.25, 0.3) is 0 Å². The predicted molar refractivity (Wildman–Crippen MR) is 104 cm³/mol. The summed E-state index contributed by atoms with van der Waals surface area (Å²) in [7, 11) is 0. The van der Waals surface area contributed by atoms with Crippen LogP contribution >= 0.6 is 11.8 Å². The summed E-state index contributed by atoms with van der Waals surface area (Å²) >= 11 is 1.62. The summed E-state index contributed by atoms with van der Waals surface area (Å²) in [6, 6.07) is 15.9. The maximum Gasteiger partial charge on any atom is 0.237 e. The van der Waals surface area contributed by atoms with E-state index in [0.29, 0.717) is 6.54 Å². The van der Waals surface area contributed by atoms with E-state index in [9.17, 15) is 9.59 Å². The Morgan fingerprint density at radius 1 is 1.20 bits per heavy atom. The molecule has 0 fully saturated rings. The Labute approximate surface area is 152 Å². The van der Waals surface area contributed by atoms with Crippen molar-refractivity contribution in [3.05, 3.63) is 59.7 Å². The van der Waals surface area contributed by atoms with Gasteiger partial charge in [0, 0.05) is 30.6 Å². The molecule has 0 aromatic heterocycles. The van der Waals surface area contributed by atoms with Gasteiger partial charge in [0.2, 0.25) is 11.8 Å². The summed E-state index contributed by atoms with van der Waals surface area (Å²) in [5.41, 5.74) is 4.07. The number of carbonyl (C=O) groups is 2. The van der Waals surface area contributed by atoms with Gasteiger partial charge in [-0.3, -0.25) is 9.59 Å². The zero-order valence-electron chi connectivity index (χ0n) is 14.5. The van der Waals surface area contributed by atoms with Crippen molar-refractivity contribution < 1.29 is 9.59 Å². The fourth-order valence-electron chi connectivity index (χ4n) is 2.92. The lowest BCUT2D eigenvalue weighted by molar-refractivity contribution is -0.116. The van der Waals surface area contributed by atoms with Crippen LogP contribution in [0.2, 0.25) is 0 Å². The third-order valence-electron chi connectivity index (χ3n) is 4.33. The molecule has 0 saturated heterocycles. The highest BCUT2D eigenvalue weighted by Gasteiger charge is 2.22. The Morgan fingerprint density at radius 2 is 1.96 bits per heavy atom. The lowest BCUT2D eigenvalue weighted by Gasteiger charge is -2.16. The normalized spacial score (nSPS) is 14.1. The second-order valence-electron chi connectivity index (χ2n) is 6.19. The summed E-state index contributed by atoms with van der Waals surface area (Å²) in [5.74, 6) is 0.872. The molecule has 130 valence electrons. The molecule has 1 N–H and O–H groups in total. The minimum Gasteiger partial charge on any atom is -0.325 e. The van der Waals surface area contributed by atoms with E-state index in [1.807, 2.05) is 43.3 Å². The number of rotatable bonds is 5. The first-order chi connectivity index (χ1) is 12.0. The van der Waals surface area contributed by atoms with Crippen LogP contribution < -0.4 is 10.2 Å². The van der Waals surface area contributed by atoms with E-state index < -0.39 is 0 Å². The summed E-state index contributed by atoms with van der Waals surface area (Å²) in [6.07, 6.45) is 0.830. The number of carbonyl (C=O) groups excluding carboxylic acids is 2. The first-order valence-corrected chi connectivity index (χ1v) is 9.47. The minimum absolute atomic E-state index is 0.00213. The summed E-state index contributed by atoms with van der Waals surface area (Å²) < 4.78 is 0. The lowest BCUT2D eigenvalue weighted by Crippen LogP contribution is -2.25. The Balaban J connectivity index is 1.58. The number of benzene rings is 2. The maximum absolute atomic E-state index is 12.4. The van der Waals surface area contributed by atoms with Crippen LogP contribution in [0.4, 0.5) is 11.4 Å². The van der Waals surface area contributed by atoms with Crippen LogP contribution in [0.1, 0.15) is 25.0 Å². The quantitative estimate of drug-likeness (QED) is 0.887. The molecule has 4 nitrogen and oxygen atoms in total. The van der Waals surface area contributed by atoms with Crippen molar-refractivity contribution in [1.82, 2.24) is 0 Å². The molecule has 1 aliphatic heterocycles. The topological polar surface area (TPSA) is 49.4 Å². The van der Waals surface area contributed by atoms with E-state index >= 15 is 0 Å². The Hall–Kier alpha value is -2.27. The molecular weight excluding hydrogens is 332 g/mol. The Bertz CT molecular complexity index is 777. The number of nitrogens with zero attached hydrogens (tertiary/aromatic N) is 1. The van der Waals surface area contributed by atoms with Crippen LogP contribution in [-0.2, 0) is 21.8 Å². The van der Waals surface area contributed by atoms with Crippen molar-refractivity contribution in [2.75, 3.05) is 16.8 Å². The standard InChI is InChI=1S/C20H22N2O2S/c1-14(25-13-16-6-4-3-5-7-16)20(24)21-18-8-9-19-17(12-18)10-11-22(19)15(2)23/h3-9,12,14H,10-11,13H2,1-2H3,(H,21,24)/t14-/m1/s1. The minimum atomic E-state index is -0.137. The highest BCUT2D eigenvalue weighted by Crippen LogP contribution is 2.30. The van der Waals surface area contributed by atoms with Crippen molar-refractivity contribution in [1.29, 1.82) is 0 Å². The molecule has 5 heteroatoms. The zero-order valence-corrected chi connectivity index (χ0v) is 15.3. The second kappa shape index (κ2) is 7.74. The van der Waals surface area contributed by atoms with Crippen molar-refractivity contribution in [3.8, 4) is 0 Å². The van der Waals surface area contributed by atoms with Gasteiger partial charge in [-0.15, -0.1) is 11.8 Å². The van der Waals surface area contributed by atoms with E-state index in [1.54, 1.807) is 23.6 Å². The van der Waals surface area contributed by atoms with E-state index in [-0.39, 0.29) is 17.1 Å². The predicted octanol–water partition coefficient (Wildman–Crippen LogP) is 3.86. The van der Waals surface area contributed by atoms with Gasteiger partial charge in [-0.25, -0.2) is 0 Å². The number of anilines is 2. The third kappa shape index (κ3) is 4.23. The van der Waals surface area contributed by atoms with Gasteiger partial charge < -0.3 is 10.2 Å². The average Bonchev–Trinajstić information content (AvgIpc) is 3.04. The van der Waals surface area contributed by atoms with Gasteiger partial charge in [0.15, 0.2) is 0 Å². The summed E-state index contributed by atoms with van der Waals surface area (Å²) in [4.78, 5) is 25.8. The maximum atomic E-state index is 12.4. The van der Waals surface area contributed by atoms with Gasteiger partial charge in [-0.05, 0) is 42.7 Å². The molecule has 0 saturated carbocycles. The number of nitrogens with one attached hydrogen (secondary N) is 1. The van der Waals surface area contributed by atoms with Crippen LogP contribution in [-0.4, -0.2) is 23.6 Å². The number of amides is 2. The highest BCUT2D eigenvalue weighted by molar-refractivity contribution is 7.99. The summed E-state index contributed by atoms with van der Waals surface area (Å²) in [6.45, 7) is 4.22. The molecule has 2 aromatic rings. The number of hydrogen-bond acceptors (Lipinski definition) is 3. The first kappa shape index (κ1) is 17.5. The van der Waals surface area contributed by atoms with Gasteiger partial charge in [-0.2, -0.15) is 0 Å². The third-order valence-corrected chi connectivity index (χ3v) is 5.55. The van der Waals surface area contributed by atoms with Gasteiger partial charge >= 0.3 is 0 Å². The molecule has 2 aromatic carbocycles. The number of hydrogen-bond donors (Lipinski definition) is 1. The van der Waals surface area contributed by atoms with E-state index in [2.05, 4.69) is 17.4 Å². The molecule has 0 radical (unpaired) electrons. The van der Waals surface area contributed by atoms with Crippen molar-refractivity contribution in [2.45, 2.75) is 31.3 Å².